The van der Waals surface area contributed by atoms with Crippen LogP contribution in [0.1, 0.15) is 59.3 Å². The minimum absolute atomic E-state index is 0.202. The highest BCUT2D eigenvalue weighted by Gasteiger charge is 2.31. The van der Waals surface area contributed by atoms with E-state index in [1.54, 1.807) is 0 Å². The monoisotopic (exact) mass is 241 g/mol. The smallest absolute Gasteiger partial charge is 0.225 e. The Morgan fingerprint density at radius 2 is 1.71 bits per heavy atom. The number of piperidine rings is 1. The maximum absolute atomic E-state index is 12.3. The number of carbonyl (C=O) groups is 1. The second-order valence-corrected chi connectivity index (χ2v) is 5.60. The molecular formula is C14H27NO2. The van der Waals surface area contributed by atoms with Crippen molar-refractivity contribution in [2.45, 2.75) is 64.9 Å². The molecule has 0 unspecified atom stereocenters. The Kier molecular flexibility index (Phi) is 5.44. The van der Waals surface area contributed by atoms with Crippen LogP contribution >= 0.6 is 0 Å². The molecule has 3 nitrogen and oxygen atoms in total. The average molecular weight is 241 g/mol. The van der Waals surface area contributed by atoms with Gasteiger partial charge in [-0.1, -0.05) is 26.7 Å². The van der Waals surface area contributed by atoms with Crippen molar-refractivity contribution in [1.82, 2.24) is 4.90 Å². The van der Waals surface area contributed by atoms with E-state index in [2.05, 4.69) is 13.8 Å². The standard InChI is InChI=1S/C14H27NO2/c1-4-6-12(7-5-2)13(16)15-10-8-14(3,17)9-11-15/h12,17H,4-11H2,1-3H3. The predicted molar refractivity (Wildman–Crippen MR) is 69.7 cm³/mol. The van der Waals surface area contributed by atoms with Crippen molar-refractivity contribution in [3.8, 4) is 0 Å². The van der Waals surface area contributed by atoms with E-state index in [0.717, 1.165) is 38.8 Å². The van der Waals surface area contributed by atoms with E-state index in [1.807, 2.05) is 11.8 Å². The third-order valence-corrected chi connectivity index (χ3v) is 3.78. The first-order valence-corrected chi connectivity index (χ1v) is 7.01. The second kappa shape index (κ2) is 6.39. The lowest BCUT2D eigenvalue weighted by Gasteiger charge is -2.37. The highest BCUT2D eigenvalue weighted by atomic mass is 16.3. The fraction of sp³-hybridized carbons (Fsp3) is 0.929. The number of aliphatic hydroxyl groups is 1. The van der Waals surface area contributed by atoms with Gasteiger partial charge in [-0.2, -0.15) is 0 Å². The van der Waals surface area contributed by atoms with Gasteiger partial charge in [0.05, 0.1) is 5.60 Å². The van der Waals surface area contributed by atoms with Crippen molar-refractivity contribution in [2.24, 2.45) is 5.92 Å². The summed E-state index contributed by atoms with van der Waals surface area (Å²) >= 11 is 0. The molecule has 0 atom stereocenters. The van der Waals surface area contributed by atoms with E-state index in [0.29, 0.717) is 18.7 Å². The van der Waals surface area contributed by atoms with Gasteiger partial charge in [0.1, 0.15) is 0 Å². The molecule has 0 radical (unpaired) electrons. The molecule has 0 aromatic carbocycles. The predicted octanol–water partition coefficient (Wildman–Crippen LogP) is 2.58. The summed E-state index contributed by atoms with van der Waals surface area (Å²) in [6.45, 7) is 7.57. The zero-order valence-electron chi connectivity index (χ0n) is 11.5. The first-order valence-electron chi connectivity index (χ1n) is 7.01. The molecule has 0 aromatic rings. The topological polar surface area (TPSA) is 40.5 Å². The number of nitrogens with zero attached hydrogens (tertiary/aromatic N) is 1. The Morgan fingerprint density at radius 3 is 2.12 bits per heavy atom. The number of amides is 1. The van der Waals surface area contributed by atoms with Crippen molar-refractivity contribution < 1.29 is 9.90 Å². The molecule has 0 spiro atoms. The van der Waals surface area contributed by atoms with Gasteiger partial charge in [0, 0.05) is 19.0 Å². The fourth-order valence-electron chi connectivity index (χ4n) is 2.56. The number of rotatable bonds is 5. The van der Waals surface area contributed by atoms with Crippen molar-refractivity contribution >= 4 is 5.91 Å². The maximum Gasteiger partial charge on any atom is 0.225 e. The van der Waals surface area contributed by atoms with Crippen LogP contribution in [0.3, 0.4) is 0 Å². The van der Waals surface area contributed by atoms with Gasteiger partial charge in [-0.25, -0.2) is 0 Å². The summed E-state index contributed by atoms with van der Waals surface area (Å²) in [5, 5.41) is 9.88. The lowest BCUT2D eigenvalue weighted by molar-refractivity contribution is -0.139. The van der Waals surface area contributed by atoms with Crippen molar-refractivity contribution in [3.63, 3.8) is 0 Å². The second-order valence-electron chi connectivity index (χ2n) is 5.60. The van der Waals surface area contributed by atoms with E-state index in [4.69, 9.17) is 0 Å². The van der Waals surface area contributed by atoms with E-state index >= 15 is 0 Å². The molecule has 1 N–H and O–H groups in total. The van der Waals surface area contributed by atoms with Crippen LogP contribution in [0.4, 0.5) is 0 Å². The van der Waals surface area contributed by atoms with Gasteiger partial charge in [0.2, 0.25) is 5.91 Å². The van der Waals surface area contributed by atoms with Gasteiger partial charge in [-0.3, -0.25) is 4.79 Å². The largest absolute Gasteiger partial charge is 0.390 e. The zero-order valence-corrected chi connectivity index (χ0v) is 11.5. The minimum atomic E-state index is -0.568. The molecule has 100 valence electrons. The van der Waals surface area contributed by atoms with Crippen LogP contribution in [0, 0.1) is 5.92 Å². The number of hydrogen-bond donors (Lipinski definition) is 1. The van der Waals surface area contributed by atoms with Crippen LogP contribution in [0.5, 0.6) is 0 Å². The molecule has 1 amide bonds. The third-order valence-electron chi connectivity index (χ3n) is 3.78. The van der Waals surface area contributed by atoms with Crippen molar-refractivity contribution in [3.05, 3.63) is 0 Å². The number of hydrogen-bond acceptors (Lipinski definition) is 2. The minimum Gasteiger partial charge on any atom is -0.390 e. The lowest BCUT2D eigenvalue weighted by atomic mass is 9.91. The van der Waals surface area contributed by atoms with Crippen LogP contribution in [-0.2, 0) is 4.79 Å². The Hall–Kier alpha value is -0.570. The number of carbonyl (C=O) groups excluding carboxylic acids is 1. The Morgan fingerprint density at radius 1 is 1.24 bits per heavy atom. The molecule has 1 rings (SSSR count). The first-order chi connectivity index (χ1) is 8.00. The van der Waals surface area contributed by atoms with Gasteiger partial charge in [0.15, 0.2) is 0 Å². The highest BCUT2D eigenvalue weighted by molar-refractivity contribution is 5.78. The van der Waals surface area contributed by atoms with Crippen LogP contribution in [0.15, 0.2) is 0 Å². The van der Waals surface area contributed by atoms with Gasteiger partial charge in [-0.05, 0) is 32.6 Å². The summed E-state index contributed by atoms with van der Waals surface area (Å²) in [4.78, 5) is 14.3. The molecule has 0 saturated carbocycles. The molecule has 1 aliphatic heterocycles. The molecule has 1 saturated heterocycles. The Bertz CT molecular complexity index is 235. The summed E-state index contributed by atoms with van der Waals surface area (Å²) in [6.07, 6.45) is 5.57. The Labute approximate surface area is 105 Å². The van der Waals surface area contributed by atoms with Crippen LogP contribution in [-0.4, -0.2) is 34.6 Å². The first kappa shape index (κ1) is 14.5. The van der Waals surface area contributed by atoms with Gasteiger partial charge in [0.25, 0.3) is 0 Å². The summed E-state index contributed by atoms with van der Waals surface area (Å²) in [5.41, 5.74) is -0.568. The normalized spacial score (nSPS) is 19.7. The Balaban J connectivity index is 2.51. The quantitative estimate of drug-likeness (QED) is 0.803. The molecule has 1 fully saturated rings. The van der Waals surface area contributed by atoms with Crippen LogP contribution in [0.25, 0.3) is 0 Å². The highest BCUT2D eigenvalue weighted by Crippen LogP contribution is 2.24. The lowest BCUT2D eigenvalue weighted by Crippen LogP contribution is -2.47. The molecule has 3 heteroatoms. The van der Waals surface area contributed by atoms with E-state index in [1.165, 1.54) is 0 Å². The average Bonchev–Trinajstić information content (AvgIpc) is 2.28. The van der Waals surface area contributed by atoms with Gasteiger partial charge < -0.3 is 10.0 Å². The summed E-state index contributed by atoms with van der Waals surface area (Å²) < 4.78 is 0. The van der Waals surface area contributed by atoms with Gasteiger partial charge >= 0.3 is 0 Å². The third kappa shape index (κ3) is 4.30. The van der Waals surface area contributed by atoms with Crippen LogP contribution < -0.4 is 0 Å². The molecule has 17 heavy (non-hydrogen) atoms. The maximum atomic E-state index is 12.3. The molecule has 1 aliphatic rings. The fourth-order valence-corrected chi connectivity index (χ4v) is 2.56. The molecule has 0 aromatic heterocycles. The van der Waals surface area contributed by atoms with Crippen LogP contribution in [0.2, 0.25) is 0 Å². The SMILES string of the molecule is CCCC(CCC)C(=O)N1CCC(C)(O)CC1. The molecule has 0 aliphatic carbocycles. The zero-order chi connectivity index (χ0) is 12.9. The number of likely N-dealkylation sites (tertiary alicyclic amines) is 1. The van der Waals surface area contributed by atoms with Gasteiger partial charge in [-0.15, -0.1) is 0 Å². The molecular weight excluding hydrogens is 214 g/mol. The van der Waals surface area contributed by atoms with E-state index in [9.17, 15) is 9.90 Å². The molecule has 0 bridgehead atoms. The summed E-state index contributed by atoms with van der Waals surface area (Å²) in [6, 6.07) is 0. The van der Waals surface area contributed by atoms with Crippen molar-refractivity contribution in [1.29, 1.82) is 0 Å². The van der Waals surface area contributed by atoms with E-state index < -0.39 is 5.60 Å². The van der Waals surface area contributed by atoms with E-state index in [-0.39, 0.29) is 5.92 Å². The summed E-state index contributed by atoms with van der Waals surface area (Å²) in [7, 11) is 0. The summed E-state index contributed by atoms with van der Waals surface area (Å²) in [5.74, 6) is 0.511. The molecule has 1 heterocycles. The van der Waals surface area contributed by atoms with Crippen molar-refractivity contribution in [2.75, 3.05) is 13.1 Å².